The number of amides is 2. The van der Waals surface area contributed by atoms with Crippen LogP contribution in [-0.2, 0) is 22.4 Å². The maximum atomic E-state index is 13.6. The van der Waals surface area contributed by atoms with E-state index in [1.54, 1.807) is 9.03 Å². The third-order valence-corrected chi connectivity index (χ3v) is 8.51. The summed E-state index contributed by atoms with van der Waals surface area (Å²) in [5.74, 6) is -2.21. The van der Waals surface area contributed by atoms with Gasteiger partial charge in [0.25, 0.3) is 0 Å². The molecule has 0 bridgehead atoms. The second-order valence-electron chi connectivity index (χ2n) is 12.3. The summed E-state index contributed by atoms with van der Waals surface area (Å²) < 4.78 is 48.3. The number of carbonyl (C=O) groups excluding carboxylic acids is 2. The van der Waals surface area contributed by atoms with Crippen molar-refractivity contribution in [1.82, 2.24) is 29.2 Å². The maximum absolute atomic E-state index is 13.6. The number of anilines is 2. The highest BCUT2D eigenvalue weighted by atomic mass is 19.1. The summed E-state index contributed by atoms with van der Waals surface area (Å²) in [7, 11) is 1.43. The van der Waals surface area contributed by atoms with Crippen LogP contribution in [0.2, 0.25) is 0 Å². The van der Waals surface area contributed by atoms with Crippen molar-refractivity contribution in [2.75, 3.05) is 17.7 Å². The number of carbonyl (C=O) groups is 2. The molecule has 8 aromatic rings. The van der Waals surface area contributed by atoms with Gasteiger partial charge in [0, 0.05) is 24.5 Å². The Kier molecular flexibility index (Phi) is 10.6. The molecule has 0 fully saturated rings. The van der Waals surface area contributed by atoms with Gasteiger partial charge in [0.2, 0.25) is 11.8 Å². The predicted octanol–water partition coefficient (Wildman–Crippen LogP) is 7.58. The van der Waals surface area contributed by atoms with Crippen LogP contribution in [0.1, 0.15) is 11.1 Å². The smallest absolute Gasteiger partial charge is 0.228 e. The highest BCUT2D eigenvalue weighted by molar-refractivity contribution is 5.94. The number of nitrogens with one attached hydrogen (secondary N) is 2. The molecule has 0 spiro atoms. The van der Waals surface area contributed by atoms with Gasteiger partial charge in [0.15, 0.2) is 11.3 Å². The Labute approximate surface area is 312 Å². The maximum Gasteiger partial charge on any atom is 0.228 e. The third-order valence-electron chi connectivity index (χ3n) is 8.51. The minimum Gasteiger partial charge on any atom is -0.494 e. The highest BCUT2D eigenvalue weighted by Gasteiger charge is 2.12. The molecule has 2 amide bonds. The average molecular weight is 741 g/mol. The van der Waals surface area contributed by atoms with Gasteiger partial charge in [-0.25, -0.2) is 32.2 Å². The number of hydrogen-bond acceptors (Lipinski definition) is 7. The van der Waals surface area contributed by atoms with E-state index in [9.17, 15) is 22.8 Å². The summed E-state index contributed by atoms with van der Waals surface area (Å²) in [6, 6.07) is 30.0. The first-order valence-corrected chi connectivity index (χ1v) is 16.9. The highest BCUT2D eigenvalue weighted by Crippen LogP contribution is 2.26. The Morgan fingerprint density at radius 1 is 0.582 bits per heavy atom. The topological polar surface area (TPSA) is 128 Å². The largest absolute Gasteiger partial charge is 0.494 e. The number of halogens is 3. The van der Waals surface area contributed by atoms with Crippen LogP contribution >= 0.6 is 0 Å². The number of rotatable bonds is 9. The number of pyridine rings is 2. The molecular weight excluding hydrogens is 709 g/mol. The molecule has 0 aliphatic heterocycles. The summed E-state index contributed by atoms with van der Waals surface area (Å²) in [5, 5.41) is 13.3. The molecule has 4 heterocycles. The SMILES string of the molecule is COc1cc(F)ccc1NC(=O)Cc1ccc(-c2ccn3ncnc3c2)cc1.O=C(Cc1ccc(-c2ccn3ncnc3c2)cc1)Nc1ccc(F)cc1F. The van der Waals surface area contributed by atoms with E-state index in [1.807, 2.05) is 85.2 Å². The van der Waals surface area contributed by atoms with Crippen molar-refractivity contribution < 1.29 is 27.5 Å². The lowest BCUT2D eigenvalue weighted by molar-refractivity contribution is -0.116. The van der Waals surface area contributed by atoms with Gasteiger partial charge in [-0.3, -0.25) is 9.59 Å². The van der Waals surface area contributed by atoms with Crippen LogP contribution < -0.4 is 15.4 Å². The van der Waals surface area contributed by atoms with Crippen molar-refractivity contribution >= 4 is 34.5 Å². The van der Waals surface area contributed by atoms with Gasteiger partial charge >= 0.3 is 0 Å². The van der Waals surface area contributed by atoms with Crippen molar-refractivity contribution in [2.45, 2.75) is 12.8 Å². The van der Waals surface area contributed by atoms with Crippen LogP contribution in [0.4, 0.5) is 24.5 Å². The first-order chi connectivity index (χ1) is 26.7. The van der Waals surface area contributed by atoms with E-state index in [0.29, 0.717) is 5.69 Å². The zero-order valence-electron chi connectivity index (χ0n) is 29.2. The van der Waals surface area contributed by atoms with E-state index in [0.717, 1.165) is 56.8 Å². The molecule has 4 aromatic carbocycles. The van der Waals surface area contributed by atoms with E-state index < -0.39 is 17.5 Å². The molecule has 0 atom stereocenters. The van der Waals surface area contributed by atoms with E-state index in [2.05, 4.69) is 30.8 Å². The van der Waals surface area contributed by atoms with Crippen molar-refractivity contribution in [1.29, 1.82) is 0 Å². The van der Waals surface area contributed by atoms with Crippen molar-refractivity contribution in [3.05, 3.63) is 163 Å². The van der Waals surface area contributed by atoms with E-state index >= 15 is 0 Å². The normalized spacial score (nSPS) is 10.8. The summed E-state index contributed by atoms with van der Waals surface area (Å²) in [6.07, 6.45) is 6.97. The van der Waals surface area contributed by atoms with Gasteiger partial charge in [-0.1, -0.05) is 48.5 Å². The molecule has 2 N–H and O–H groups in total. The Morgan fingerprint density at radius 3 is 1.55 bits per heavy atom. The first-order valence-electron chi connectivity index (χ1n) is 16.9. The van der Waals surface area contributed by atoms with Crippen molar-refractivity contribution in [2.24, 2.45) is 0 Å². The fourth-order valence-electron chi connectivity index (χ4n) is 5.74. The van der Waals surface area contributed by atoms with Gasteiger partial charge in [-0.15, -0.1) is 0 Å². The quantitative estimate of drug-likeness (QED) is 0.156. The fourth-order valence-corrected chi connectivity index (χ4v) is 5.74. The molecule has 0 aliphatic rings. The second kappa shape index (κ2) is 16.1. The van der Waals surface area contributed by atoms with Crippen LogP contribution in [0.15, 0.2) is 134 Å². The molecule has 0 radical (unpaired) electrons. The number of methoxy groups -OCH3 is 1. The lowest BCUT2D eigenvalue weighted by Gasteiger charge is -2.10. The number of aromatic nitrogens is 6. The van der Waals surface area contributed by atoms with Crippen LogP contribution in [0.25, 0.3) is 33.5 Å². The minimum atomic E-state index is -0.803. The van der Waals surface area contributed by atoms with Gasteiger partial charge in [-0.2, -0.15) is 10.2 Å². The molecular formula is C41H31F3N8O3. The van der Waals surface area contributed by atoms with Gasteiger partial charge in [0.05, 0.1) is 31.3 Å². The molecule has 14 heteroatoms. The number of nitrogens with zero attached hydrogens (tertiary/aromatic N) is 6. The lowest BCUT2D eigenvalue weighted by Crippen LogP contribution is -2.15. The Balaban J connectivity index is 0.000000169. The summed E-state index contributed by atoms with van der Waals surface area (Å²) in [5.41, 5.74) is 7.57. The lowest BCUT2D eigenvalue weighted by atomic mass is 10.0. The monoisotopic (exact) mass is 740 g/mol. The summed E-state index contributed by atoms with van der Waals surface area (Å²) >= 11 is 0. The molecule has 4 aromatic heterocycles. The number of hydrogen-bond donors (Lipinski definition) is 2. The molecule has 11 nitrogen and oxygen atoms in total. The van der Waals surface area contributed by atoms with Crippen LogP contribution in [0.5, 0.6) is 5.75 Å². The fraction of sp³-hybridized carbons (Fsp3) is 0.0732. The van der Waals surface area contributed by atoms with Crippen LogP contribution in [-0.4, -0.2) is 48.1 Å². The van der Waals surface area contributed by atoms with E-state index in [-0.39, 0.29) is 36.1 Å². The molecule has 0 saturated carbocycles. The van der Waals surface area contributed by atoms with Gasteiger partial charge in [-0.05, 0) is 81.9 Å². The van der Waals surface area contributed by atoms with E-state index in [1.165, 1.54) is 44.0 Å². The first kappa shape index (κ1) is 36.0. The van der Waals surface area contributed by atoms with Gasteiger partial charge < -0.3 is 15.4 Å². The number of ether oxygens (including phenoxy) is 1. The number of benzene rings is 4. The molecule has 274 valence electrons. The Hall–Kier alpha value is -7.35. The second-order valence-corrected chi connectivity index (χ2v) is 12.3. The van der Waals surface area contributed by atoms with Crippen LogP contribution in [0, 0.1) is 17.5 Å². The molecule has 0 unspecified atom stereocenters. The minimum absolute atomic E-state index is 0.0420. The van der Waals surface area contributed by atoms with Gasteiger partial charge in [0.1, 0.15) is 35.9 Å². The predicted molar refractivity (Wildman–Crippen MR) is 201 cm³/mol. The van der Waals surface area contributed by atoms with Crippen molar-refractivity contribution in [3.8, 4) is 28.0 Å². The average Bonchev–Trinajstić information content (AvgIpc) is 3.87. The van der Waals surface area contributed by atoms with Crippen LogP contribution in [0.3, 0.4) is 0 Å². The molecule has 0 aliphatic carbocycles. The Bertz CT molecular complexity index is 2630. The molecule has 8 rings (SSSR count). The Morgan fingerprint density at radius 2 is 1.05 bits per heavy atom. The number of fused-ring (bicyclic) bond motifs is 2. The standard InChI is InChI=1S/C21H17FN4O2.C20H14F2N4O/c1-28-19-12-17(22)6-7-18(19)25-21(27)10-14-2-4-15(5-3-14)16-8-9-26-20(11-16)23-13-24-26;21-16-5-6-18(17(22)11-16)25-20(27)9-13-1-3-14(4-2-13)15-7-8-26-19(10-15)23-12-24-26/h2-9,11-13H,10H2,1H3,(H,25,27);1-8,10-12H,9H2,(H,25,27). The zero-order valence-corrected chi connectivity index (χ0v) is 29.2. The molecule has 0 saturated heterocycles. The molecule has 55 heavy (non-hydrogen) atoms. The zero-order chi connectivity index (χ0) is 38.3. The van der Waals surface area contributed by atoms with Crippen molar-refractivity contribution in [3.63, 3.8) is 0 Å². The summed E-state index contributed by atoms with van der Waals surface area (Å²) in [4.78, 5) is 32.8. The van der Waals surface area contributed by atoms with E-state index in [4.69, 9.17) is 4.74 Å². The summed E-state index contributed by atoms with van der Waals surface area (Å²) in [6.45, 7) is 0. The third kappa shape index (κ3) is 8.83.